The number of aromatic nitrogens is 2. The standard InChI is InChI=1S/C8H9N3.ClH/c1-6-4-7(9)5-11-3-2-10-8(6)11;/h2-5H,9H2,1H3;1H. The minimum Gasteiger partial charge on any atom is -0.398 e. The highest BCUT2D eigenvalue weighted by Gasteiger charge is 1.97. The molecule has 3 nitrogen and oxygen atoms in total. The highest BCUT2D eigenvalue weighted by Crippen LogP contribution is 2.11. The van der Waals surface area contributed by atoms with Crippen molar-refractivity contribution in [2.45, 2.75) is 6.92 Å². The van der Waals surface area contributed by atoms with Crippen molar-refractivity contribution in [2.24, 2.45) is 0 Å². The second kappa shape index (κ2) is 3.03. The first-order chi connectivity index (χ1) is 5.27. The van der Waals surface area contributed by atoms with E-state index in [0.29, 0.717) is 0 Å². The van der Waals surface area contributed by atoms with Gasteiger partial charge in [0.05, 0.1) is 0 Å². The van der Waals surface area contributed by atoms with Crippen LogP contribution in [0, 0.1) is 6.92 Å². The summed E-state index contributed by atoms with van der Waals surface area (Å²) in [5, 5.41) is 0. The maximum Gasteiger partial charge on any atom is 0.139 e. The van der Waals surface area contributed by atoms with Crippen LogP contribution in [0.3, 0.4) is 0 Å². The van der Waals surface area contributed by atoms with Gasteiger partial charge in [-0.3, -0.25) is 0 Å². The fourth-order valence-electron chi connectivity index (χ4n) is 1.24. The lowest BCUT2D eigenvalue weighted by atomic mass is 10.3. The van der Waals surface area contributed by atoms with Gasteiger partial charge in [-0.2, -0.15) is 0 Å². The predicted octanol–water partition coefficient (Wildman–Crippen LogP) is 1.65. The van der Waals surface area contributed by atoms with Crippen LogP contribution in [0.5, 0.6) is 0 Å². The van der Waals surface area contributed by atoms with E-state index in [1.54, 1.807) is 6.20 Å². The van der Waals surface area contributed by atoms with Gasteiger partial charge in [-0.25, -0.2) is 4.98 Å². The number of nitrogen functional groups attached to an aromatic ring is 1. The summed E-state index contributed by atoms with van der Waals surface area (Å²) in [6.07, 6.45) is 5.51. The molecule has 0 spiro atoms. The number of anilines is 1. The first-order valence-corrected chi connectivity index (χ1v) is 3.46. The molecule has 0 aliphatic heterocycles. The Kier molecular flexibility index (Phi) is 2.24. The van der Waals surface area contributed by atoms with Gasteiger partial charge in [-0.05, 0) is 18.6 Å². The molecule has 4 heteroatoms. The van der Waals surface area contributed by atoms with Crippen molar-refractivity contribution >= 4 is 23.7 Å². The van der Waals surface area contributed by atoms with Gasteiger partial charge in [0, 0.05) is 24.3 Å². The molecule has 0 saturated carbocycles. The summed E-state index contributed by atoms with van der Waals surface area (Å²) >= 11 is 0. The van der Waals surface area contributed by atoms with Crippen molar-refractivity contribution in [1.82, 2.24) is 9.38 Å². The number of pyridine rings is 1. The van der Waals surface area contributed by atoms with Crippen LogP contribution in [0.4, 0.5) is 5.69 Å². The molecule has 2 heterocycles. The SMILES string of the molecule is Cc1cc(N)cn2ccnc12.Cl. The van der Waals surface area contributed by atoms with Crippen molar-refractivity contribution in [1.29, 1.82) is 0 Å². The Labute approximate surface area is 76.6 Å². The maximum atomic E-state index is 5.64. The lowest BCUT2D eigenvalue weighted by Gasteiger charge is -1.98. The number of rotatable bonds is 0. The largest absolute Gasteiger partial charge is 0.398 e. The zero-order chi connectivity index (χ0) is 7.84. The maximum absolute atomic E-state index is 5.64. The third kappa shape index (κ3) is 1.23. The predicted molar refractivity (Wildman–Crippen MR) is 51.6 cm³/mol. The van der Waals surface area contributed by atoms with E-state index in [-0.39, 0.29) is 12.4 Å². The van der Waals surface area contributed by atoms with E-state index in [2.05, 4.69) is 4.98 Å². The number of fused-ring (bicyclic) bond motifs is 1. The molecule has 0 aromatic carbocycles. The summed E-state index contributed by atoms with van der Waals surface area (Å²) in [5.74, 6) is 0. The first kappa shape index (κ1) is 8.87. The molecule has 0 saturated heterocycles. The summed E-state index contributed by atoms with van der Waals surface area (Å²) in [6, 6.07) is 1.92. The Balaban J connectivity index is 0.000000720. The molecule has 0 radical (unpaired) electrons. The fraction of sp³-hybridized carbons (Fsp3) is 0.125. The van der Waals surface area contributed by atoms with Crippen molar-refractivity contribution in [2.75, 3.05) is 5.73 Å². The Bertz CT molecular complexity index is 394. The molecule has 2 aromatic heterocycles. The van der Waals surface area contributed by atoms with Crippen molar-refractivity contribution in [3.63, 3.8) is 0 Å². The molecule has 0 aliphatic carbocycles. The summed E-state index contributed by atoms with van der Waals surface area (Å²) in [7, 11) is 0. The average molecular weight is 184 g/mol. The van der Waals surface area contributed by atoms with Gasteiger partial charge in [0.1, 0.15) is 5.65 Å². The van der Waals surface area contributed by atoms with Crippen molar-refractivity contribution in [3.05, 3.63) is 30.2 Å². The van der Waals surface area contributed by atoms with E-state index in [1.807, 2.05) is 29.8 Å². The van der Waals surface area contributed by atoms with E-state index in [9.17, 15) is 0 Å². The van der Waals surface area contributed by atoms with E-state index in [0.717, 1.165) is 16.9 Å². The molecule has 2 rings (SSSR count). The Morgan fingerprint density at radius 2 is 2.25 bits per heavy atom. The first-order valence-electron chi connectivity index (χ1n) is 3.46. The monoisotopic (exact) mass is 183 g/mol. The number of aryl methyl sites for hydroxylation is 1. The van der Waals surface area contributed by atoms with Crippen LogP contribution < -0.4 is 5.73 Å². The zero-order valence-electron chi connectivity index (χ0n) is 6.69. The lowest BCUT2D eigenvalue weighted by molar-refractivity contribution is 1.17. The summed E-state index contributed by atoms with van der Waals surface area (Å²) in [4.78, 5) is 4.17. The van der Waals surface area contributed by atoms with Gasteiger partial charge >= 0.3 is 0 Å². The smallest absolute Gasteiger partial charge is 0.139 e. The number of nitrogens with two attached hydrogens (primary N) is 1. The fourth-order valence-corrected chi connectivity index (χ4v) is 1.24. The summed E-state index contributed by atoms with van der Waals surface area (Å²) in [6.45, 7) is 2.00. The molecule has 0 aliphatic rings. The molecule has 0 fully saturated rings. The Hall–Kier alpha value is -1.22. The van der Waals surface area contributed by atoms with Crippen LogP contribution in [-0.2, 0) is 0 Å². The minimum absolute atomic E-state index is 0. The van der Waals surface area contributed by atoms with E-state index in [4.69, 9.17) is 5.73 Å². The van der Waals surface area contributed by atoms with Gasteiger partial charge in [-0.1, -0.05) is 0 Å². The number of halogens is 1. The molecular weight excluding hydrogens is 174 g/mol. The molecule has 2 aromatic rings. The zero-order valence-corrected chi connectivity index (χ0v) is 7.51. The Morgan fingerprint density at radius 1 is 1.50 bits per heavy atom. The minimum atomic E-state index is 0. The number of imidazole rings is 1. The molecule has 0 amide bonds. The van der Waals surface area contributed by atoms with Crippen LogP contribution in [-0.4, -0.2) is 9.38 Å². The van der Waals surface area contributed by atoms with E-state index >= 15 is 0 Å². The third-order valence-corrected chi connectivity index (χ3v) is 1.69. The average Bonchev–Trinajstić information content (AvgIpc) is 2.34. The highest BCUT2D eigenvalue weighted by molar-refractivity contribution is 5.85. The number of hydrogen-bond donors (Lipinski definition) is 1. The number of nitrogens with zero attached hydrogens (tertiary/aromatic N) is 2. The van der Waals surface area contributed by atoms with Crippen LogP contribution in [0.2, 0.25) is 0 Å². The topological polar surface area (TPSA) is 43.3 Å². The second-order valence-corrected chi connectivity index (χ2v) is 2.61. The van der Waals surface area contributed by atoms with Crippen molar-refractivity contribution in [3.8, 4) is 0 Å². The molecule has 0 unspecified atom stereocenters. The highest BCUT2D eigenvalue weighted by atomic mass is 35.5. The van der Waals surface area contributed by atoms with Gasteiger partial charge < -0.3 is 10.1 Å². The van der Waals surface area contributed by atoms with Gasteiger partial charge in [0.25, 0.3) is 0 Å². The van der Waals surface area contributed by atoms with Gasteiger partial charge in [0.15, 0.2) is 0 Å². The lowest BCUT2D eigenvalue weighted by Crippen LogP contribution is -1.92. The van der Waals surface area contributed by atoms with Crippen LogP contribution >= 0.6 is 12.4 Å². The molecule has 2 N–H and O–H groups in total. The Morgan fingerprint density at radius 3 is 3.00 bits per heavy atom. The summed E-state index contributed by atoms with van der Waals surface area (Å²) < 4.78 is 1.92. The molecule has 0 bridgehead atoms. The van der Waals surface area contributed by atoms with Crippen molar-refractivity contribution < 1.29 is 0 Å². The molecule has 64 valence electrons. The van der Waals surface area contributed by atoms with Crippen LogP contribution in [0.15, 0.2) is 24.7 Å². The van der Waals surface area contributed by atoms with Crippen LogP contribution in [0.25, 0.3) is 5.65 Å². The van der Waals surface area contributed by atoms with Crippen LogP contribution in [0.1, 0.15) is 5.56 Å². The second-order valence-electron chi connectivity index (χ2n) is 2.61. The third-order valence-electron chi connectivity index (χ3n) is 1.69. The van der Waals surface area contributed by atoms with E-state index < -0.39 is 0 Å². The summed E-state index contributed by atoms with van der Waals surface area (Å²) in [5.41, 5.74) is 8.48. The quantitative estimate of drug-likeness (QED) is 0.675. The molecular formula is C8H10ClN3. The van der Waals surface area contributed by atoms with Gasteiger partial charge in [0.2, 0.25) is 0 Å². The number of hydrogen-bond acceptors (Lipinski definition) is 2. The molecule has 0 atom stereocenters. The normalized spacial score (nSPS) is 9.75. The van der Waals surface area contributed by atoms with Gasteiger partial charge in [-0.15, -0.1) is 12.4 Å². The molecule has 12 heavy (non-hydrogen) atoms. The van der Waals surface area contributed by atoms with E-state index in [1.165, 1.54) is 0 Å².